The molecule has 0 saturated carbocycles. The van der Waals surface area contributed by atoms with Crippen molar-refractivity contribution in [3.05, 3.63) is 0 Å². The van der Waals surface area contributed by atoms with Crippen LogP contribution in [0.25, 0.3) is 0 Å². The van der Waals surface area contributed by atoms with E-state index < -0.39 is 0 Å². The van der Waals surface area contributed by atoms with Gasteiger partial charge in [0.2, 0.25) is 0 Å². The summed E-state index contributed by atoms with van der Waals surface area (Å²) in [5.74, 6) is 0.905. The highest BCUT2D eigenvalue weighted by Gasteiger charge is 2.20. The van der Waals surface area contributed by atoms with Crippen LogP contribution in [0.2, 0.25) is 0 Å². The number of unbranched alkanes of at least 4 members (excludes halogenated alkanes) is 1. The number of rotatable bonds is 10. The van der Waals surface area contributed by atoms with E-state index in [4.69, 9.17) is 0 Å². The molecule has 0 bridgehead atoms. The molecule has 1 atom stereocenters. The van der Waals surface area contributed by atoms with Crippen LogP contribution in [0, 0.1) is 11.3 Å². The zero-order valence-corrected chi connectivity index (χ0v) is 13.2. The third-order valence-electron chi connectivity index (χ3n) is 4.12. The van der Waals surface area contributed by atoms with Crippen molar-refractivity contribution < 1.29 is 0 Å². The lowest BCUT2D eigenvalue weighted by atomic mass is 9.89. The summed E-state index contributed by atoms with van der Waals surface area (Å²) >= 11 is 0. The normalized spacial score (nSPS) is 14.3. The molecule has 1 unspecified atom stereocenters. The van der Waals surface area contributed by atoms with Crippen molar-refractivity contribution in [1.82, 2.24) is 4.90 Å². The van der Waals surface area contributed by atoms with Gasteiger partial charge in [-0.25, -0.2) is 0 Å². The molecule has 1 heteroatoms. The Labute approximate surface area is 110 Å². The van der Waals surface area contributed by atoms with Crippen molar-refractivity contribution in [3.8, 4) is 0 Å². The van der Waals surface area contributed by atoms with Gasteiger partial charge >= 0.3 is 0 Å². The average Bonchev–Trinajstić information content (AvgIpc) is 2.32. The lowest BCUT2D eigenvalue weighted by Crippen LogP contribution is -2.37. The fraction of sp³-hybridized carbons (Fsp3) is 1.00. The highest BCUT2D eigenvalue weighted by Crippen LogP contribution is 2.23. The molecule has 0 rings (SSSR count). The molecule has 0 radical (unpaired) electrons. The molecule has 0 aromatic heterocycles. The van der Waals surface area contributed by atoms with Crippen molar-refractivity contribution in [2.45, 2.75) is 73.6 Å². The zero-order valence-electron chi connectivity index (χ0n) is 13.2. The SMILES string of the molecule is CCCCC(CC)CN(CC)CC(C)(C)CC. The van der Waals surface area contributed by atoms with E-state index in [0.717, 1.165) is 5.92 Å². The Balaban J connectivity index is 4.17. The number of hydrogen-bond donors (Lipinski definition) is 0. The predicted molar refractivity (Wildman–Crippen MR) is 79.5 cm³/mol. The first-order chi connectivity index (χ1) is 7.99. The summed E-state index contributed by atoms with van der Waals surface area (Å²) in [5, 5.41) is 0. The predicted octanol–water partition coefficient (Wildman–Crippen LogP) is 4.96. The highest BCUT2D eigenvalue weighted by molar-refractivity contribution is 4.74. The minimum Gasteiger partial charge on any atom is -0.303 e. The van der Waals surface area contributed by atoms with Crippen molar-refractivity contribution in [3.63, 3.8) is 0 Å². The van der Waals surface area contributed by atoms with Crippen molar-refractivity contribution in [2.24, 2.45) is 11.3 Å². The number of hydrogen-bond acceptors (Lipinski definition) is 1. The van der Waals surface area contributed by atoms with Crippen LogP contribution >= 0.6 is 0 Å². The first kappa shape index (κ1) is 17.0. The zero-order chi connectivity index (χ0) is 13.3. The van der Waals surface area contributed by atoms with Crippen LogP contribution in [-0.4, -0.2) is 24.5 Å². The first-order valence-electron chi connectivity index (χ1n) is 7.71. The second-order valence-electron chi connectivity index (χ2n) is 6.26. The maximum absolute atomic E-state index is 2.66. The van der Waals surface area contributed by atoms with Gasteiger partial charge in [-0.15, -0.1) is 0 Å². The fourth-order valence-corrected chi connectivity index (χ4v) is 2.31. The van der Waals surface area contributed by atoms with E-state index in [9.17, 15) is 0 Å². The van der Waals surface area contributed by atoms with Crippen LogP contribution in [0.4, 0.5) is 0 Å². The Morgan fingerprint density at radius 2 is 1.71 bits per heavy atom. The Bertz CT molecular complexity index is 174. The molecule has 0 aromatic carbocycles. The quantitative estimate of drug-likeness (QED) is 0.522. The molecular formula is C16H35N. The maximum atomic E-state index is 2.66. The van der Waals surface area contributed by atoms with Gasteiger partial charge in [0.15, 0.2) is 0 Å². The first-order valence-corrected chi connectivity index (χ1v) is 7.71. The Morgan fingerprint density at radius 3 is 2.12 bits per heavy atom. The fourth-order valence-electron chi connectivity index (χ4n) is 2.31. The van der Waals surface area contributed by atoms with Crippen molar-refractivity contribution in [1.29, 1.82) is 0 Å². The van der Waals surface area contributed by atoms with Gasteiger partial charge in [-0.3, -0.25) is 0 Å². The third kappa shape index (κ3) is 7.81. The summed E-state index contributed by atoms with van der Waals surface area (Å²) < 4.78 is 0. The van der Waals surface area contributed by atoms with E-state index >= 15 is 0 Å². The average molecular weight is 241 g/mol. The summed E-state index contributed by atoms with van der Waals surface area (Å²) in [5.41, 5.74) is 0.471. The summed E-state index contributed by atoms with van der Waals surface area (Å²) in [6, 6.07) is 0. The van der Waals surface area contributed by atoms with Crippen LogP contribution in [-0.2, 0) is 0 Å². The van der Waals surface area contributed by atoms with Gasteiger partial charge in [-0.2, -0.15) is 0 Å². The van der Waals surface area contributed by atoms with E-state index in [1.54, 1.807) is 0 Å². The summed E-state index contributed by atoms with van der Waals surface area (Å²) in [6.07, 6.45) is 6.75. The lowest BCUT2D eigenvalue weighted by molar-refractivity contribution is 0.153. The standard InChI is InChI=1S/C16H35N/c1-7-11-12-15(8-2)13-17(10-4)14-16(5,6)9-3/h15H,7-14H2,1-6H3. The van der Waals surface area contributed by atoms with Gasteiger partial charge in [0, 0.05) is 13.1 Å². The molecule has 17 heavy (non-hydrogen) atoms. The van der Waals surface area contributed by atoms with Gasteiger partial charge in [0.1, 0.15) is 0 Å². The van der Waals surface area contributed by atoms with Crippen LogP contribution in [0.1, 0.15) is 73.6 Å². The van der Waals surface area contributed by atoms with E-state index in [0.29, 0.717) is 5.41 Å². The van der Waals surface area contributed by atoms with Crippen molar-refractivity contribution in [2.75, 3.05) is 19.6 Å². The van der Waals surface area contributed by atoms with Crippen LogP contribution in [0.3, 0.4) is 0 Å². The molecule has 0 aliphatic carbocycles. The van der Waals surface area contributed by atoms with Gasteiger partial charge < -0.3 is 4.90 Å². The van der Waals surface area contributed by atoms with Gasteiger partial charge in [-0.05, 0) is 30.7 Å². The minimum atomic E-state index is 0.471. The number of nitrogens with zero attached hydrogens (tertiary/aromatic N) is 1. The molecule has 0 fully saturated rings. The van der Waals surface area contributed by atoms with Gasteiger partial charge in [-0.1, -0.05) is 60.8 Å². The van der Waals surface area contributed by atoms with Gasteiger partial charge in [0.25, 0.3) is 0 Å². The Kier molecular flexibility index (Phi) is 8.94. The van der Waals surface area contributed by atoms with Crippen LogP contribution in [0.5, 0.6) is 0 Å². The Morgan fingerprint density at radius 1 is 1.06 bits per heavy atom. The van der Waals surface area contributed by atoms with E-state index in [2.05, 4.69) is 46.4 Å². The second-order valence-corrected chi connectivity index (χ2v) is 6.26. The van der Waals surface area contributed by atoms with Gasteiger partial charge in [0.05, 0.1) is 0 Å². The highest BCUT2D eigenvalue weighted by atomic mass is 15.1. The molecule has 104 valence electrons. The molecule has 1 nitrogen and oxygen atoms in total. The summed E-state index contributed by atoms with van der Waals surface area (Å²) in [7, 11) is 0. The monoisotopic (exact) mass is 241 g/mol. The molecule has 0 N–H and O–H groups in total. The van der Waals surface area contributed by atoms with Crippen LogP contribution in [0.15, 0.2) is 0 Å². The second kappa shape index (κ2) is 8.97. The largest absolute Gasteiger partial charge is 0.303 e. The Hall–Kier alpha value is -0.0400. The summed E-state index contributed by atoms with van der Waals surface area (Å²) in [6.45, 7) is 17.8. The third-order valence-corrected chi connectivity index (χ3v) is 4.12. The minimum absolute atomic E-state index is 0.471. The molecule has 0 aliphatic heterocycles. The molecule has 0 aliphatic rings. The molecular weight excluding hydrogens is 206 g/mol. The molecule has 0 heterocycles. The smallest absolute Gasteiger partial charge is 0.00326 e. The molecule has 0 amide bonds. The molecule has 0 aromatic rings. The maximum Gasteiger partial charge on any atom is 0.00326 e. The van der Waals surface area contributed by atoms with E-state index in [1.807, 2.05) is 0 Å². The molecule has 0 saturated heterocycles. The van der Waals surface area contributed by atoms with Crippen LogP contribution < -0.4 is 0 Å². The van der Waals surface area contributed by atoms with Crippen molar-refractivity contribution >= 4 is 0 Å². The lowest BCUT2D eigenvalue weighted by Gasteiger charge is -2.33. The van der Waals surface area contributed by atoms with E-state index in [1.165, 1.54) is 51.7 Å². The topological polar surface area (TPSA) is 3.24 Å². The molecule has 0 spiro atoms. The summed E-state index contributed by atoms with van der Waals surface area (Å²) in [4.78, 5) is 2.66. The van der Waals surface area contributed by atoms with E-state index in [-0.39, 0.29) is 0 Å².